The molecule has 4 aliphatic heterocycles. The smallest absolute Gasteiger partial charge is 0.252 e. The molecule has 0 aromatic heterocycles. The quantitative estimate of drug-likeness (QED) is 0.107. The summed E-state index contributed by atoms with van der Waals surface area (Å²) in [4.78, 5) is 5.36. The van der Waals surface area contributed by atoms with Crippen molar-refractivity contribution in [3.8, 4) is 145 Å². The van der Waals surface area contributed by atoms with Gasteiger partial charge in [0.15, 0.2) is 0 Å². The molecule has 0 unspecified atom stereocenters. The van der Waals surface area contributed by atoms with Gasteiger partial charge in [0.1, 0.15) is 23.0 Å². The molecule has 4 aliphatic rings. The Balaban J connectivity index is 0.873. The van der Waals surface area contributed by atoms with Gasteiger partial charge in [-0.1, -0.05) is 382 Å². The fraction of sp³-hybridized carbons (Fsp3) is 0.00870. The highest BCUT2D eigenvalue weighted by Crippen LogP contribution is 2.63. The van der Waals surface area contributed by atoms with Crippen molar-refractivity contribution in [1.82, 2.24) is 0 Å². The van der Waals surface area contributed by atoms with Gasteiger partial charge in [-0.15, -0.1) is 0 Å². The molecule has 4 nitrogen and oxygen atoms in total. The van der Waals surface area contributed by atoms with Crippen LogP contribution in [0.1, 0.15) is 22.3 Å². The maximum Gasteiger partial charge on any atom is 0.252 e. The molecule has 0 aliphatic carbocycles. The fourth-order valence-corrected chi connectivity index (χ4v) is 19.6. The van der Waals surface area contributed by atoms with Crippen molar-refractivity contribution < 1.29 is 9.47 Å². The largest absolute Gasteiger partial charge is 0.457 e. The number of hydrogen-bond donors (Lipinski definition) is 0. The predicted octanol–water partition coefficient (Wildman–Crippen LogP) is 28.7. The SMILES string of the molecule is c1ccc(-c2cccc(-c3cccc(-c4cccc(-c5ccccc5)c4)c3N3c4ccc(-c5ccccc5)cc4B4c5cc(-c6ccccc6)ccc5N(c5c(-c6cccc(-c7ccccc7)c6)cccc5-c5cccc(-c6ccccc6)c5)c5cc(-c6ccc7c(c6)Oc6ccccc6C76c7ccccc7Oc7ccccc76)cc3c54)c2)cc1. The molecule has 0 radical (unpaired) electrons. The molecule has 1 spiro atoms. The molecule has 0 atom stereocenters. The van der Waals surface area contributed by atoms with Crippen molar-refractivity contribution in [2.24, 2.45) is 0 Å². The van der Waals surface area contributed by atoms with E-state index in [2.05, 4.69) is 465 Å². The molecule has 0 saturated carbocycles. The van der Waals surface area contributed by atoms with Gasteiger partial charge >= 0.3 is 0 Å². The van der Waals surface area contributed by atoms with E-state index in [9.17, 15) is 0 Å². The zero-order valence-electron chi connectivity index (χ0n) is 65.6. The Hall–Kier alpha value is -15.6. The van der Waals surface area contributed by atoms with Gasteiger partial charge in [-0.05, 0) is 189 Å². The summed E-state index contributed by atoms with van der Waals surface area (Å²) < 4.78 is 14.4. The lowest BCUT2D eigenvalue weighted by atomic mass is 9.33. The Bertz CT molecular complexity index is 6640. The molecular formula is C115H75BN2O2. The highest BCUT2D eigenvalue weighted by atomic mass is 16.5. The van der Waals surface area contributed by atoms with Gasteiger partial charge in [-0.3, -0.25) is 0 Å². The number of nitrogens with zero attached hydrogens (tertiary/aromatic N) is 2. The van der Waals surface area contributed by atoms with Crippen LogP contribution in [0.15, 0.2) is 455 Å². The minimum Gasteiger partial charge on any atom is -0.457 e. The van der Waals surface area contributed by atoms with E-state index in [0.717, 1.165) is 202 Å². The number of anilines is 6. The van der Waals surface area contributed by atoms with Gasteiger partial charge in [0.05, 0.1) is 16.8 Å². The van der Waals surface area contributed by atoms with E-state index < -0.39 is 5.41 Å². The van der Waals surface area contributed by atoms with E-state index >= 15 is 0 Å². The first-order chi connectivity index (χ1) is 59.5. The number of fused-ring (bicyclic) bond motifs is 12. The second-order valence-electron chi connectivity index (χ2n) is 31.7. The van der Waals surface area contributed by atoms with E-state index in [0.29, 0.717) is 0 Å². The van der Waals surface area contributed by atoms with Gasteiger partial charge in [-0.2, -0.15) is 0 Å². The highest BCUT2D eigenvalue weighted by molar-refractivity contribution is 7.00. The lowest BCUT2D eigenvalue weighted by Crippen LogP contribution is -2.61. The number of benzene rings is 19. The first-order valence-electron chi connectivity index (χ1n) is 41.4. The minimum absolute atomic E-state index is 0.345. The third-order valence-corrected chi connectivity index (χ3v) is 25.0. The zero-order chi connectivity index (χ0) is 79.2. The Morgan fingerprint density at radius 3 is 0.775 bits per heavy atom. The van der Waals surface area contributed by atoms with Crippen LogP contribution in [0.4, 0.5) is 34.1 Å². The number of para-hydroxylation sites is 5. The summed E-state index contributed by atoms with van der Waals surface area (Å²) >= 11 is 0. The van der Waals surface area contributed by atoms with Crippen LogP contribution in [-0.4, -0.2) is 6.71 Å². The van der Waals surface area contributed by atoms with Gasteiger partial charge in [0.25, 0.3) is 6.71 Å². The number of ether oxygens (including phenoxy) is 2. The molecule has 0 amide bonds. The van der Waals surface area contributed by atoms with Crippen LogP contribution >= 0.6 is 0 Å². The van der Waals surface area contributed by atoms with E-state index in [1.54, 1.807) is 0 Å². The molecule has 4 heterocycles. The molecule has 120 heavy (non-hydrogen) atoms. The molecule has 0 bridgehead atoms. The van der Waals surface area contributed by atoms with E-state index in [1.165, 1.54) is 16.4 Å². The second kappa shape index (κ2) is 29.0. The molecule has 0 N–H and O–H groups in total. The van der Waals surface area contributed by atoms with Crippen LogP contribution in [0.5, 0.6) is 23.0 Å². The minimum atomic E-state index is -0.813. The number of hydrogen-bond acceptors (Lipinski definition) is 4. The predicted molar refractivity (Wildman–Crippen MR) is 499 cm³/mol. The monoisotopic (exact) mass is 1530 g/mol. The van der Waals surface area contributed by atoms with Gasteiger partial charge in [0.2, 0.25) is 0 Å². The second-order valence-corrected chi connectivity index (χ2v) is 31.7. The Labute approximate surface area is 699 Å². The maximum absolute atomic E-state index is 7.53. The maximum atomic E-state index is 7.53. The number of rotatable bonds is 13. The van der Waals surface area contributed by atoms with Crippen LogP contribution in [0.25, 0.3) is 122 Å². The van der Waals surface area contributed by atoms with Gasteiger partial charge in [0, 0.05) is 67.3 Å². The summed E-state index contributed by atoms with van der Waals surface area (Å²) in [6, 6.07) is 168. The van der Waals surface area contributed by atoms with E-state index in [-0.39, 0.29) is 6.71 Å². The fourth-order valence-electron chi connectivity index (χ4n) is 19.6. The molecule has 19 aromatic carbocycles. The van der Waals surface area contributed by atoms with E-state index in [1.807, 2.05) is 0 Å². The lowest BCUT2D eigenvalue weighted by Gasteiger charge is -2.46. The van der Waals surface area contributed by atoms with Crippen molar-refractivity contribution in [2.75, 3.05) is 9.80 Å². The van der Waals surface area contributed by atoms with Crippen molar-refractivity contribution in [3.05, 3.63) is 477 Å². The summed E-state index contributed by atoms with van der Waals surface area (Å²) in [5, 5.41) is 0. The normalized spacial score (nSPS) is 12.8. The van der Waals surface area contributed by atoms with Gasteiger partial charge < -0.3 is 19.3 Å². The topological polar surface area (TPSA) is 24.9 Å². The standard InChI is InChI=1S/C115H75BN2O2/c1-7-31-76(32-8-1)82-43-25-47-89(67-82)94-51-29-52-95(90-48-26-44-83(68-90)77-33-9-2-10-34-77)113(94)117-104-65-62-86(80-39-15-5-16-40-80)71-102(104)116-103-72-87(81-41-17-6-18-42-81)63-66-105(103)118(114-96(91-49-27-45-84(69-91)78-35-11-3-12-36-78)53-30-54-97(114)92-50-28-46-85(70-92)79-37-13-4-14-38-79)107-74-93(73-106(117)112(107)116)88-61-64-101-111(75-88)120-110-60-24-21-57-100(110)115(101)98-55-19-22-58-108(98)119-109-59-23-20-56-99(109)115/h1-75H. The first-order valence-corrected chi connectivity index (χ1v) is 41.4. The molecule has 560 valence electrons. The zero-order valence-corrected chi connectivity index (χ0v) is 65.6. The third kappa shape index (κ3) is 11.7. The average molecular weight is 1530 g/mol. The van der Waals surface area contributed by atoms with Crippen molar-refractivity contribution >= 4 is 57.2 Å². The summed E-state index contributed by atoms with van der Waals surface area (Å²) in [5.41, 5.74) is 37.6. The Morgan fingerprint density at radius 2 is 0.433 bits per heavy atom. The van der Waals surface area contributed by atoms with Crippen LogP contribution in [0.2, 0.25) is 0 Å². The molecule has 0 fully saturated rings. The van der Waals surface area contributed by atoms with Crippen LogP contribution in [0, 0.1) is 0 Å². The lowest BCUT2D eigenvalue weighted by molar-refractivity contribution is 0.399. The van der Waals surface area contributed by atoms with E-state index in [4.69, 9.17) is 9.47 Å². The summed E-state index contributed by atoms with van der Waals surface area (Å²) in [7, 11) is 0. The molecule has 23 rings (SSSR count). The third-order valence-electron chi connectivity index (χ3n) is 25.0. The molecular weight excluding hydrogens is 1450 g/mol. The summed E-state index contributed by atoms with van der Waals surface area (Å²) in [6.07, 6.45) is 0. The molecule has 5 heteroatoms. The van der Waals surface area contributed by atoms with Crippen molar-refractivity contribution in [3.63, 3.8) is 0 Å². The Morgan fingerprint density at radius 1 is 0.175 bits per heavy atom. The average Bonchev–Trinajstić information content (AvgIpc) is 0.690. The highest BCUT2D eigenvalue weighted by Gasteiger charge is 2.51. The van der Waals surface area contributed by atoms with Gasteiger partial charge in [-0.25, -0.2) is 0 Å². The van der Waals surface area contributed by atoms with Crippen LogP contribution in [-0.2, 0) is 5.41 Å². The first kappa shape index (κ1) is 69.9. The van der Waals surface area contributed by atoms with Crippen molar-refractivity contribution in [2.45, 2.75) is 5.41 Å². The molecule has 0 saturated heterocycles. The summed E-state index contributed by atoms with van der Waals surface area (Å²) in [5.74, 6) is 3.19. The van der Waals surface area contributed by atoms with Crippen molar-refractivity contribution in [1.29, 1.82) is 0 Å². The Kier molecular flexibility index (Phi) is 16.9. The molecule has 19 aromatic rings. The van der Waals surface area contributed by atoms with Crippen LogP contribution < -0.4 is 35.7 Å². The van der Waals surface area contributed by atoms with Crippen LogP contribution in [0.3, 0.4) is 0 Å². The summed E-state index contributed by atoms with van der Waals surface area (Å²) in [6.45, 7) is -0.345.